The molecule has 2 heterocycles. The van der Waals surface area contributed by atoms with Gasteiger partial charge in [0.2, 0.25) is 5.91 Å². The van der Waals surface area contributed by atoms with Crippen LogP contribution in [0, 0.1) is 5.41 Å². The normalized spacial score (nSPS) is 11.7. The minimum absolute atomic E-state index is 0.0823. The Hall–Kier alpha value is -1.91. The molecule has 2 rings (SSSR count). The Morgan fingerprint density at radius 3 is 2.89 bits per heavy atom. The molecule has 1 N–H and O–H groups in total. The van der Waals surface area contributed by atoms with E-state index < -0.39 is 0 Å². The van der Waals surface area contributed by atoms with Gasteiger partial charge in [0, 0.05) is 18.8 Å². The maximum atomic E-state index is 11.8. The van der Waals surface area contributed by atoms with Gasteiger partial charge in [-0.25, -0.2) is 4.98 Å². The summed E-state index contributed by atoms with van der Waals surface area (Å²) < 4.78 is 1.93. The molecule has 19 heavy (non-hydrogen) atoms. The quantitative estimate of drug-likeness (QED) is 0.916. The summed E-state index contributed by atoms with van der Waals surface area (Å²) in [6, 6.07) is 0. The Kier molecular flexibility index (Phi) is 3.83. The monoisotopic (exact) mass is 260 g/mol. The lowest BCUT2D eigenvalue weighted by Crippen LogP contribution is -2.24. The Morgan fingerprint density at radius 2 is 2.16 bits per heavy atom. The predicted molar refractivity (Wildman–Crippen MR) is 73.5 cm³/mol. The van der Waals surface area contributed by atoms with E-state index in [9.17, 15) is 4.79 Å². The fourth-order valence-electron chi connectivity index (χ4n) is 1.79. The first-order valence-electron chi connectivity index (χ1n) is 6.48. The maximum absolute atomic E-state index is 11.8. The minimum atomic E-state index is 0.0823. The zero-order valence-electron chi connectivity index (χ0n) is 11.7. The molecule has 0 fully saturated rings. The van der Waals surface area contributed by atoms with Gasteiger partial charge in [0.05, 0.1) is 24.6 Å². The molecule has 0 bridgehead atoms. The van der Waals surface area contributed by atoms with Gasteiger partial charge in [0.25, 0.3) is 0 Å². The molecule has 0 atom stereocenters. The number of rotatable bonds is 4. The molecule has 2 aromatic heterocycles. The van der Waals surface area contributed by atoms with Crippen molar-refractivity contribution in [2.75, 3.05) is 0 Å². The highest BCUT2D eigenvalue weighted by atomic mass is 16.1. The first-order chi connectivity index (χ1) is 8.96. The van der Waals surface area contributed by atoms with Crippen LogP contribution in [0.1, 0.15) is 39.3 Å². The van der Waals surface area contributed by atoms with E-state index in [1.54, 1.807) is 18.6 Å². The van der Waals surface area contributed by atoms with Gasteiger partial charge < -0.3 is 5.32 Å². The molecular weight excluding hydrogens is 240 g/mol. The van der Waals surface area contributed by atoms with Crippen LogP contribution in [0.15, 0.2) is 24.8 Å². The Bertz CT molecular complexity index is 568. The van der Waals surface area contributed by atoms with Gasteiger partial charge in [-0.1, -0.05) is 20.8 Å². The molecule has 0 aromatic carbocycles. The van der Waals surface area contributed by atoms with E-state index >= 15 is 0 Å². The number of hydrogen-bond donors (Lipinski definition) is 1. The van der Waals surface area contributed by atoms with Crippen molar-refractivity contribution >= 4 is 11.6 Å². The molecule has 0 saturated carbocycles. The minimum Gasteiger partial charge on any atom is -0.350 e. The second-order valence-electron chi connectivity index (χ2n) is 5.89. The van der Waals surface area contributed by atoms with E-state index in [1.165, 1.54) is 0 Å². The number of fused-ring (bicyclic) bond motifs is 1. The fourth-order valence-corrected chi connectivity index (χ4v) is 1.79. The third-order valence-electron chi connectivity index (χ3n) is 2.96. The third-order valence-corrected chi connectivity index (χ3v) is 2.96. The largest absolute Gasteiger partial charge is 0.350 e. The van der Waals surface area contributed by atoms with Crippen LogP contribution in [0.4, 0.5) is 0 Å². The average Bonchev–Trinajstić information content (AvgIpc) is 2.76. The van der Waals surface area contributed by atoms with Crippen molar-refractivity contribution in [1.82, 2.24) is 19.7 Å². The highest BCUT2D eigenvalue weighted by Crippen LogP contribution is 2.20. The van der Waals surface area contributed by atoms with Crippen molar-refractivity contribution < 1.29 is 4.79 Å². The van der Waals surface area contributed by atoms with Crippen LogP contribution in [0.2, 0.25) is 0 Å². The fraction of sp³-hybridized carbons (Fsp3) is 0.500. The van der Waals surface area contributed by atoms with Gasteiger partial charge in [0.1, 0.15) is 0 Å². The van der Waals surface area contributed by atoms with E-state index in [1.807, 2.05) is 10.6 Å². The zero-order valence-corrected chi connectivity index (χ0v) is 11.7. The first-order valence-corrected chi connectivity index (χ1v) is 6.48. The molecule has 0 aliphatic rings. The Morgan fingerprint density at radius 1 is 1.37 bits per heavy atom. The molecule has 5 heteroatoms. The lowest BCUT2D eigenvalue weighted by atomic mass is 9.90. The summed E-state index contributed by atoms with van der Waals surface area (Å²) in [5.41, 5.74) is 1.94. The number of nitrogens with one attached hydrogen (secondary N) is 1. The van der Waals surface area contributed by atoms with Gasteiger partial charge in [-0.3, -0.25) is 14.2 Å². The summed E-state index contributed by atoms with van der Waals surface area (Å²) in [6.45, 7) is 6.90. The van der Waals surface area contributed by atoms with E-state index in [4.69, 9.17) is 0 Å². The summed E-state index contributed by atoms with van der Waals surface area (Å²) in [5, 5.41) is 2.93. The van der Waals surface area contributed by atoms with E-state index in [0.29, 0.717) is 13.0 Å². The molecule has 0 spiro atoms. The van der Waals surface area contributed by atoms with Crippen LogP contribution in [-0.4, -0.2) is 20.3 Å². The molecule has 0 aliphatic carbocycles. The highest BCUT2D eigenvalue weighted by molar-refractivity contribution is 5.75. The van der Waals surface area contributed by atoms with Gasteiger partial charge >= 0.3 is 0 Å². The van der Waals surface area contributed by atoms with Crippen LogP contribution in [0.25, 0.3) is 5.65 Å². The molecule has 0 unspecified atom stereocenters. The van der Waals surface area contributed by atoms with Crippen molar-refractivity contribution in [2.45, 2.75) is 40.2 Å². The van der Waals surface area contributed by atoms with Crippen molar-refractivity contribution in [3.05, 3.63) is 30.5 Å². The van der Waals surface area contributed by atoms with Crippen LogP contribution in [0.5, 0.6) is 0 Å². The Labute approximate surface area is 113 Å². The zero-order chi connectivity index (χ0) is 13.9. The van der Waals surface area contributed by atoms with E-state index in [2.05, 4.69) is 36.1 Å². The van der Waals surface area contributed by atoms with Crippen LogP contribution >= 0.6 is 0 Å². The van der Waals surface area contributed by atoms with Crippen molar-refractivity contribution in [3.63, 3.8) is 0 Å². The molecule has 0 aliphatic heterocycles. The smallest absolute Gasteiger partial charge is 0.220 e. The summed E-state index contributed by atoms with van der Waals surface area (Å²) in [4.78, 5) is 20.0. The highest BCUT2D eigenvalue weighted by Gasteiger charge is 2.13. The molecular formula is C14H20N4O. The molecule has 0 radical (unpaired) electrons. The van der Waals surface area contributed by atoms with Gasteiger partial charge in [-0.15, -0.1) is 0 Å². The average molecular weight is 260 g/mol. The topological polar surface area (TPSA) is 59.3 Å². The van der Waals surface area contributed by atoms with E-state index in [-0.39, 0.29) is 11.3 Å². The van der Waals surface area contributed by atoms with Crippen molar-refractivity contribution in [1.29, 1.82) is 0 Å². The SMILES string of the molecule is CC(C)(C)CCC(=O)NCc1cnc2cnccn12. The second kappa shape index (κ2) is 5.38. The van der Waals surface area contributed by atoms with E-state index in [0.717, 1.165) is 17.8 Å². The van der Waals surface area contributed by atoms with Crippen molar-refractivity contribution in [3.8, 4) is 0 Å². The van der Waals surface area contributed by atoms with Crippen LogP contribution < -0.4 is 5.32 Å². The summed E-state index contributed by atoms with van der Waals surface area (Å²) >= 11 is 0. The molecule has 1 amide bonds. The second-order valence-corrected chi connectivity index (χ2v) is 5.89. The maximum Gasteiger partial charge on any atom is 0.220 e. The Balaban J connectivity index is 1.90. The summed E-state index contributed by atoms with van der Waals surface area (Å²) in [6.07, 6.45) is 8.46. The van der Waals surface area contributed by atoms with Crippen LogP contribution in [-0.2, 0) is 11.3 Å². The molecule has 2 aromatic rings. The standard InChI is InChI=1S/C14H20N4O/c1-14(2,3)5-4-13(19)17-9-11-8-16-12-10-15-6-7-18(11)12/h6-8,10H,4-5,9H2,1-3H3,(H,17,19). The lowest BCUT2D eigenvalue weighted by Gasteiger charge is -2.17. The molecule has 5 nitrogen and oxygen atoms in total. The number of imidazole rings is 1. The third kappa shape index (κ3) is 3.77. The number of carbonyl (C=O) groups is 1. The first kappa shape index (κ1) is 13.5. The lowest BCUT2D eigenvalue weighted by molar-refractivity contribution is -0.121. The number of amides is 1. The van der Waals surface area contributed by atoms with Crippen LogP contribution in [0.3, 0.4) is 0 Å². The predicted octanol–water partition coefficient (Wildman–Crippen LogP) is 2.17. The summed E-state index contributed by atoms with van der Waals surface area (Å²) in [7, 11) is 0. The summed E-state index contributed by atoms with van der Waals surface area (Å²) in [5.74, 6) is 0.0823. The van der Waals surface area contributed by atoms with Gasteiger partial charge in [0.15, 0.2) is 5.65 Å². The van der Waals surface area contributed by atoms with Gasteiger partial charge in [-0.2, -0.15) is 0 Å². The molecule has 102 valence electrons. The number of hydrogen-bond acceptors (Lipinski definition) is 3. The van der Waals surface area contributed by atoms with Gasteiger partial charge in [-0.05, 0) is 11.8 Å². The molecule has 0 saturated heterocycles. The number of nitrogens with zero attached hydrogens (tertiary/aromatic N) is 3. The van der Waals surface area contributed by atoms with Crippen molar-refractivity contribution in [2.24, 2.45) is 5.41 Å². The number of carbonyl (C=O) groups excluding carboxylic acids is 1. The number of aromatic nitrogens is 3.